The molecule has 23 heavy (non-hydrogen) atoms. The number of hydrogen-bond donors (Lipinski definition) is 0. The summed E-state index contributed by atoms with van der Waals surface area (Å²) in [5.41, 5.74) is 2.15. The van der Waals surface area contributed by atoms with E-state index in [1.807, 2.05) is 12.1 Å². The lowest BCUT2D eigenvalue weighted by molar-refractivity contribution is 0.637. The molecule has 0 aliphatic carbocycles. The van der Waals surface area contributed by atoms with Gasteiger partial charge in [-0.2, -0.15) is 0 Å². The molecule has 1 fully saturated rings. The first-order valence-electron chi connectivity index (χ1n) is 7.70. The van der Waals surface area contributed by atoms with Crippen molar-refractivity contribution in [2.24, 2.45) is 0 Å². The lowest BCUT2D eigenvalue weighted by Gasteiger charge is -2.36. The molecular formula is C16H17ClN4OS. The summed E-state index contributed by atoms with van der Waals surface area (Å²) in [7, 11) is -0.906. The molecule has 1 aromatic heterocycles. The van der Waals surface area contributed by atoms with Crippen LogP contribution < -0.4 is 9.80 Å². The third-order valence-electron chi connectivity index (χ3n) is 4.34. The van der Waals surface area contributed by atoms with Gasteiger partial charge < -0.3 is 9.80 Å². The molecule has 1 aromatic carbocycles. The molecule has 0 saturated carbocycles. The summed E-state index contributed by atoms with van der Waals surface area (Å²) in [6.45, 7) is 3.61. The Morgan fingerprint density at radius 1 is 1.04 bits per heavy atom. The monoisotopic (exact) mass is 348 g/mol. The topological polar surface area (TPSA) is 49.3 Å². The van der Waals surface area contributed by atoms with E-state index in [1.165, 1.54) is 5.69 Å². The van der Waals surface area contributed by atoms with Crippen molar-refractivity contribution in [3.8, 4) is 0 Å². The minimum absolute atomic E-state index is 0.678. The van der Waals surface area contributed by atoms with Crippen molar-refractivity contribution in [3.63, 3.8) is 0 Å². The zero-order valence-electron chi connectivity index (χ0n) is 12.6. The van der Waals surface area contributed by atoms with E-state index >= 15 is 0 Å². The van der Waals surface area contributed by atoms with Crippen LogP contribution in [-0.4, -0.2) is 46.1 Å². The predicted molar refractivity (Wildman–Crippen MR) is 92.9 cm³/mol. The van der Waals surface area contributed by atoms with E-state index in [0.29, 0.717) is 5.75 Å². The van der Waals surface area contributed by atoms with Crippen LogP contribution in [0.15, 0.2) is 35.4 Å². The molecule has 2 aliphatic rings. The van der Waals surface area contributed by atoms with Crippen LogP contribution in [0.2, 0.25) is 5.02 Å². The lowest BCUT2D eigenvalue weighted by atomic mass is 10.2. The number of nitrogens with zero attached hydrogens (tertiary/aromatic N) is 4. The molecule has 120 valence electrons. The Labute approximate surface area is 142 Å². The summed E-state index contributed by atoms with van der Waals surface area (Å²) < 4.78 is 11.8. The van der Waals surface area contributed by atoms with Crippen LogP contribution >= 0.6 is 11.6 Å². The molecule has 1 unspecified atom stereocenters. The van der Waals surface area contributed by atoms with E-state index in [0.717, 1.165) is 54.2 Å². The van der Waals surface area contributed by atoms with E-state index in [4.69, 9.17) is 11.6 Å². The SMILES string of the molecule is O=S1CCc2nc(N3CCN(c4ccc(Cl)cc4)CC3)ncc21. The van der Waals surface area contributed by atoms with Gasteiger partial charge in [0.1, 0.15) is 0 Å². The number of halogens is 1. The number of piperazine rings is 1. The summed E-state index contributed by atoms with van der Waals surface area (Å²) in [6, 6.07) is 7.96. The summed E-state index contributed by atoms with van der Waals surface area (Å²) in [5.74, 6) is 1.44. The van der Waals surface area contributed by atoms with Crippen LogP contribution in [0, 0.1) is 0 Å². The maximum absolute atomic E-state index is 11.8. The highest BCUT2D eigenvalue weighted by Gasteiger charge is 2.24. The lowest BCUT2D eigenvalue weighted by Crippen LogP contribution is -2.47. The van der Waals surface area contributed by atoms with Crippen molar-refractivity contribution in [1.82, 2.24) is 9.97 Å². The van der Waals surface area contributed by atoms with Crippen LogP contribution in [-0.2, 0) is 17.2 Å². The zero-order valence-corrected chi connectivity index (χ0v) is 14.2. The average Bonchev–Trinajstić information content (AvgIpc) is 2.96. The fraction of sp³-hybridized carbons (Fsp3) is 0.375. The molecule has 2 aliphatic heterocycles. The summed E-state index contributed by atoms with van der Waals surface area (Å²) >= 11 is 5.95. The van der Waals surface area contributed by atoms with Gasteiger partial charge in [-0.3, -0.25) is 4.21 Å². The zero-order chi connectivity index (χ0) is 15.8. The van der Waals surface area contributed by atoms with Crippen molar-refractivity contribution in [1.29, 1.82) is 0 Å². The second-order valence-corrected chi connectivity index (χ2v) is 7.71. The Morgan fingerprint density at radius 3 is 2.48 bits per heavy atom. The quantitative estimate of drug-likeness (QED) is 0.832. The van der Waals surface area contributed by atoms with Gasteiger partial charge in [-0.1, -0.05) is 11.6 Å². The summed E-state index contributed by atoms with van der Waals surface area (Å²) in [6.07, 6.45) is 2.54. The van der Waals surface area contributed by atoms with Crippen LogP contribution in [0.25, 0.3) is 0 Å². The third-order valence-corrected chi connectivity index (χ3v) is 6.00. The first-order valence-corrected chi connectivity index (χ1v) is 9.40. The number of fused-ring (bicyclic) bond motifs is 1. The van der Waals surface area contributed by atoms with Crippen LogP contribution in [0.5, 0.6) is 0 Å². The fourth-order valence-electron chi connectivity index (χ4n) is 3.03. The normalized spacial score (nSPS) is 20.7. The van der Waals surface area contributed by atoms with Crippen molar-refractivity contribution in [3.05, 3.63) is 41.2 Å². The maximum atomic E-state index is 11.8. The molecule has 0 radical (unpaired) electrons. The van der Waals surface area contributed by atoms with Crippen LogP contribution in [0.4, 0.5) is 11.6 Å². The molecule has 2 aromatic rings. The molecule has 7 heteroatoms. The Kier molecular flexibility index (Phi) is 3.95. The number of hydrogen-bond acceptors (Lipinski definition) is 5. The van der Waals surface area contributed by atoms with Gasteiger partial charge in [0.2, 0.25) is 5.95 Å². The van der Waals surface area contributed by atoms with E-state index < -0.39 is 10.8 Å². The molecule has 5 nitrogen and oxygen atoms in total. The fourth-order valence-corrected chi connectivity index (χ4v) is 4.34. The highest BCUT2D eigenvalue weighted by atomic mass is 35.5. The first-order chi connectivity index (χ1) is 11.2. The van der Waals surface area contributed by atoms with E-state index in [1.54, 1.807) is 6.20 Å². The van der Waals surface area contributed by atoms with Gasteiger partial charge in [-0.15, -0.1) is 0 Å². The van der Waals surface area contributed by atoms with Gasteiger partial charge in [0.25, 0.3) is 0 Å². The van der Waals surface area contributed by atoms with Gasteiger partial charge in [-0.25, -0.2) is 9.97 Å². The van der Waals surface area contributed by atoms with Gasteiger partial charge in [0.05, 0.1) is 21.4 Å². The molecule has 0 N–H and O–H groups in total. The van der Waals surface area contributed by atoms with Crippen molar-refractivity contribution < 1.29 is 4.21 Å². The highest BCUT2D eigenvalue weighted by Crippen LogP contribution is 2.24. The maximum Gasteiger partial charge on any atom is 0.225 e. The first kappa shape index (κ1) is 14.9. The number of anilines is 2. The average molecular weight is 349 g/mol. The Hall–Kier alpha value is -1.66. The summed E-state index contributed by atoms with van der Waals surface area (Å²) in [4.78, 5) is 14.4. The number of aryl methyl sites for hydroxylation is 1. The van der Waals surface area contributed by atoms with Gasteiger partial charge >= 0.3 is 0 Å². The van der Waals surface area contributed by atoms with E-state index in [2.05, 4.69) is 31.9 Å². The van der Waals surface area contributed by atoms with Crippen molar-refractivity contribution in [2.45, 2.75) is 11.3 Å². The largest absolute Gasteiger partial charge is 0.368 e. The molecule has 3 heterocycles. The van der Waals surface area contributed by atoms with E-state index in [-0.39, 0.29) is 0 Å². The van der Waals surface area contributed by atoms with Crippen LogP contribution in [0.1, 0.15) is 5.69 Å². The molecule has 4 rings (SSSR count). The highest BCUT2D eigenvalue weighted by molar-refractivity contribution is 7.85. The summed E-state index contributed by atoms with van der Waals surface area (Å²) in [5, 5.41) is 0.760. The third kappa shape index (κ3) is 2.93. The molecule has 0 amide bonds. The Bertz CT molecular complexity index is 744. The molecular weight excluding hydrogens is 332 g/mol. The molecule has 0 bridgehead atoms. The Balaban J connectivity index is 1.45. The van der Waals surface area contributed by atoms with Gasteiger partial charge in [-0.05, 0) is 24.3 Å². The molecule has 1 atom stereocenters. The standard InChI is InChI=1S/C16H17ClN4OS/c17-12-1-3-13(4-2-12)20-6-8-21(9-7-20)16-18-11-15-14(19-16)5-10-23(15)22/h1-4,11H,5-10H2. The van der Waals surface area contributed by atoms with Gasteiger partial charge in [0, 0.05) is 55.3 Å². The van der Waals surface area contributed by atoms with E-state index in [9.17, 15) is 4.21 Å². The minimum Gasteiger partial charge on any atom is -0.368 e. The van der Waals surface area contributed by atoms with Crippen molar-refractivity contribution in [2.75, 3.05) is 41.7 Å². The number of aromatic nitrogens is 2. The number of rotatable bonds is 2. The number of benzene rings is 1. The second kappa shape index (κ2) is 6.09. The van der Waals surface area contributed by atoms with Crippen molar-refractivity contribution >= 4 is 34.0 Å². The Morgan fingerprint density at radius 2 is 1.74 bits per heavy atom. The minimum atomic E-state index is -0.906. The smallest absolute Gasteiger partial charge is 0.225 e. The van der Waals surface area contributed by atoms with Gasteiger partial charge in [0.15, 0.2) is 0 Å². The van der Waals surface area contributed by atoms with Crippen LogP contribution in [0.3, 0.4) is 0 Å². The predicted octanol–water partition coefficient (Wildman–Crippen LogP) is 2.12. The second-order valence-electron chi connectivity index (χ2n) is 5.73. The molecule has 1 saturated heterocycles. The molecule has 0 spiro atoms.